The van der Waals surface area contributed by atoms with Crippen molar-refractivity contribution in [2.24, 2.45) is 0 Å². The van der Waals surface area contributed by atoms with Gasteiger partial charge in [0, 0.05) is 35.2 Å². The van der Waals surface area contributed by atoms with Crippen LogP contribution in [0.15, 0.2) is 30.5 Å². The van der Waals surface area contributed by atoms with Gasteiger partial charge in [-0.3, -0.25) is 4.90 Å². The predicted molar refractivity (Wildman–Crippen MR) is 89.6 cm³/mol. The maximum Gasteiger partial charge on any atom is 0.0460 e. The van der Waals surface area contributed by atoms with Gasteiger partial charge >= 0.3 is 0 Å². The van der Waals surface area contributed by atoms with E-state index in [1.54, 1.807) is 5.57 Å². The molecule has 1 atom stereocenters. The fourth-order valence-corrected chi connectivity index (χ4v) is 3.91. The molecule has 0 spiro atoms. The van der Waals surface area contributed by atoms with E-state index in [4.69, 9.17) is 0 Å². The fourth-order valence-electron chi connectivity index (χ4n) is 3.91. The highest BCUT2D eigenvalue weighted by atomic mass is 15.2. The second-order valence-electron chi connectivity index (χ2n) is 6.89. The van der Waals surface area contributed by atoms with Crippen LogP contribution in [0.25, 0.3) is 16.5 Å². The molecule has 0 unspecified atom stereocenters. The summed E-state index contributed by atoms with van der Waals surface area (Å²) in [6.07, 6.45) is 8.63. The number of benzene rings is 1. The molecule has 2 aromatic rings. The van der Waals surface area contributed by atoms with Crippen LogP contribution in [-0.4, -0.2) is 29.0 Å². The number of nitrogens with one attached hydrogen (secondary N) is 1. The van der Waals surface area contributed by atoms with E-state index in [0.29, 0.717) is 5.92 Å². The predicted octanol–water partition coefficient (Wildman–Crippen LogP) is 4.54. The topological polar surface area (TPSA) is 19.0 Å². The highest BCUT2D eigenvalue weighted by Gasteiger charge is 2.28. The Morgan fingerprint density at radius 3 is 3.05 bits per heavy atom. The molecular formula is C19H24N2. The van der Waals surface area contributed by atoms with Crippen LogP contribution in [0.3, 0.4) is 0 Å². The molecule has 0 radical (unpaired) electrons. The summed E-state index contributed by atoms with van der Waals surface area (Å²) in [6, 6.07) is 7.65. The van der Waals surface area contributed by atoms with E-state index in [1.165, 1.54) is 47.8 Å². The van der Waals surface area contributed by atoms with E-state index >= 15 is 0 Å². The van der Waals surface area contributed by atoms with Crippen LogP contribution in [0.5, 0.6) is 0 Å². The van der Waals surface area contributed by atoms with Gasteiger partial charge in [0.1, 0.15) is 0 Å². The standard InChI is InChI=1S/C19H24N2/c1-13(2)14-5-6-19-17(11-14)18(12-20-19)15-7-9-21-8-3-4-16(21)10-15/h5-7,11-13,16,20H,3-4,8-10H2,1-2H3/t16-/m0/s1. The molecule has 1 aromatic carbocycles. The van der Waals surface area contributed by atoms with E-state index in [1.807, 2.05) is 0 Å². The summed E-state index contributed by atoms with van der Waals surface area (Å²) in [6.45, 7) is 6.96. The van der Waals surface area contributed by atoms with E-state index in [-0.39, 0.29) is 0 Å². The van der Waals surface area contributed by atoms with E-state index in [9.17, 15) is 0 Å². The molecular weight excluding hydrogens is 256 g/mol. The number of hydrogen-bond donors (Lipinski definition) is 1. The van der Waals surface area contributed by atoms with Crippen LogP contribution < -0.4 is 0 Å². The Morgan fingerprint density at radius 2 is 2.19 bits per heavy atom. The maximum atomic E-state index is 3.46. The number of rotatable bonds is 2. The van der Waals surface area contributed by atoms with Gasteiger partial charge in [-0.05, 0) is 55.0 Å². The van der Waals surface area contributed by atoms with Crippen molar-refractivity contribution in [3.8, 4) is 0 Å². The van der Waals surface area contributed by atoms with Crippen molar-refractivity contribution in [1.29, 1.82) is 0 Å². The van der Waals surface area contributed by atoms with Crippen molar-refractivity contribution < 1.29 is 0 Å². The Kier molecular flexibility index (Phi) is 3.15. The Hall–Kier alpha value is -1.54. The normalized spacial score (nSPS) is 22.8. The van der Waals surface area contributed by atoms with Crippen LogP contribution in [0.2, 0.25) is 0 Å². The summed E-state index contributed by atoms with van der Waals surface area (Å²) >= 11 is 0. The maximum absolute atomic E-state index is 3.46. The zero-order valence-corrected chi connectivity index (χ0v) is 13.0. The summed E-state index contributed by atoms with van der Waals surface area (Å²) in [4.78, 5) is 6.09. The van der Waals surface area contributed by atoms with Crippen LogP contribution in [0.4, 0.5) is 0 Å². The highest BCUT2D eigenvalue weighted by Crippen LogP contribution is 2.35. The van der Waals surface area contributed by atoms with Crippen LogP contribution in [0.1, 0.15) is 50.2 Å². The average molecular weight is 280 g/mol. The molecule has 1 fully saturated rings. The Labute approximate surface area is 126 Å². The minimum Gasteiger partial charge on any atom is -0.361 e. The zero-order chi connectivity index (χ0) is 14.4. The lowest BCUT2D eigenvalue weighted by atomic mass is 9.92. The average Bonchev–Trinajstić information content (AvgIpc) is 3.12. The second-order valence-corrected chi connectivity index (χ2v) is 6.89. The van der Waals surface area contributed by atoms with Gasteiger partial charge in [-0.1, -0.05) is 26.0 Å². The van der Waals surface area contributed by atoms with Gasteiger partial charge in [0.05, 0.1) is 0 Å². The lowest BCUT2D eigenvalue weighted by molar-refractivity contribution is 0.275. The molecule has 1 saturated heterocycles. The summed E-state index contributed by atoms with van der Waals surface area (Å²) in [5.41, 5.74) is 5.68. The Balaban J connectivity index is 1.74. The molecule has 3 heterocycles. The molecule has 4 rings (SSSR count). The van der Waals surface area contributed by atoms with Crippen LogP contribution in [-0.2, 0) is 0 Å². The molecule has 2 aliphatic rings. The SMILES string of the molecule is CC(C)c1ccc2[nH]cc(C3=CCN4CCC[C@H]4C3)c2c1. The smallest absolute Gasteiger partial charge is 0.0460 e. The number of aromatic nitrogens is 1. The molecule has 110 valence electrons. The first-order chi connectivity index (χ1) is 10.2. The summed E-state index contributed by atoms with van der Waals surface area (Å²) in [5, 5.41) is 1.40. The lowest BCUT2D eigenvalue weighted by Gasteiger charge is -2.29. The number of nitrogens with zero attached hydrogens (tertiary/aromatic N) is 1. The molecule has 2 aliphatic heterocycles. The minimum atomic E-state index is 0.586. The largest absolute Gasteiger partial charge is 0.361 e. The van der Waals surface area contributed by atoms with Crippen molar-refractivity contribution in [3.63, 3.8) is 0 Å². The fraction of sp³-hybridized carbons (Fsp3) is 0.474. The molecule has 2 nitrogen and oxygen atoms in total. The van der Waals surface area contributed by atoms with Crippen molar-refractivity contribution in [2.75, 3.05) is 13.1 Å². The molecule has 0 aliphatic carbocycles. The molecule has 0 amide bonds. The highest BCUT2D eigenvalue weighted by molar-refractivity contribution is 5.93. The second kappa shape index (κ2) is 5.03. The third-order valence-electron chi connectivity index (χ3n) is 5.25. The first-order valence-corrected chi connectivity index (χ1v) is 8.27. The summed E-state index contributed by atoms with van der Waals surface area (Å²) in [5.74, 6) is 0.586. The molecule has 0 bridgehead atoms. The number of aromatic amines is 1. The Morgan fingerprint density at radius 1 is 1.29 bits per heavy atom. The van der Waals surface area contributed by atoms with Crippen molar-refractivity contribution in [2.45, 2.75) is 45.1 Å². The lowest BCUT2D eigenvalue weighted by Crippen LogP contribution is -2.32. The Bertz CT molecular complexity index is 693. The van der Waals surface area contributed by atoms with Crippen molar-refractivity contribution >= 4 is 16.5 Å². The molecule has 1 N–H and O–H groups in total. The van der Waals surface area contributed by atoms with Gasteiger partial charge in [-0.15, -0.1) is 0 Å². The van der Waals surface area contributed by atoms with Crippen LogP contribution in [0, 0.1) is 0 Å². The minimum absolute atomic E-state index is 0.586. The molecule has 2 heteroatoms. The van der Waals surface area contributed by atoms with Gasteiger partial charge in [-0.25, -0.2) is 0 Å². The third-order valence-corrected chi connectivity index (χ3v) is 5.25. The molecule has 21 heavy (non-hydrogen) atoms. The summed E-state index contributed by atoms with van der Waals surface area (Å²) in [7, 11) is 0. The van der Waals surface area contributed by atoms with E-state index in [2.05, 4.69) is 54.2 Å². The van der Waals surface area contributed by atoms with Gasteiger partial charge < -0.3 is 4.98 Å². The number of fused-ring (bicyclic) bond motifs is 2. The van der Waals surface area contributed by atoms with Gasteiger partial charge in [0.15, 0.2) is 0 Å². The first kappa shape index (κ1) is 13.1. The quantitative estimate of drug-likeness (QED) is 0.855. The molecule has 0 saturated carbocycles. The van der Waals surface area contributed by atoms with Gasteiger partial charge in [0.2, 0.25) is 0 Å². The first-order valence-electron chi connectivity index (χ1n) is 8.27. The zero-order valence-electron chi connectivity index (χ0n) is 13.0. The van der Waals surface area contributed by atoms with E-state index in [0.717, 1.165) is 12.6 Å². The molecule has 1 aromatic heterocycles. The van der Waals surface area contributed by atoms with Gasteiger partial charge in [-0.2, -0.15) is 0 Å². The number of hydrogen-bond acceptors (Lipinski definition) is 1. The van der Waals surface area contributed by atoms with E-state index < -0.39 is 0 Å². The van der Waals surface area contributed by atoms with Gasteiger partial charge in [0.25, 0.3) is 0 Å². The van der Waals surface area contributed by atoms with Crippen molar-refractivity contribution in [1.82, 2.24) is 9.88 Å². The third kappa shape index (κ3) is 2.22. The summed E-state index contributed by atoms with van der Waals surface area (Å²) < 4.78 is 0. The number of H-pyrrole nitrogens is 1. The van der Waals surface area contributed by atoms with Crippen LogP contribution >= 0.6 is 0 Å². The van der Waals surface area contributed by atoms with Crippen molar-refractivity contribution in [3.05, 3.63) is 41.6 Å². The monoisotopic (exact) mass is 280 g/mol.